The number of nitrogens with zero attached hydrogens (tertiary/aromatic N) is 1. The van der Waals surface area contributed by atoms with Crippen LogP contribution in [0.3, 0.4) is 0 Å². The summed E-state index contributed by atoms with van der Waals surface area (Å²) in [4.78, 5) is 14.7. The van der Waals surface area contributed by atoms with Gasteiger partial charge in [0.05, 0.1) is 23.2 Å². The molecular weight excluding hydrogens is 328 g/mol. The number of carbonyl (C=O) groups is 1. The third kappa shape index (κ3) is 2.91. The molecule has 1 aromatic rings. The van der Waals surface area contributed by atoms with Gasteiger partial charge in [-0.05, 0) is 25.0 Å². The minimum Gasteiger partial charge on any atom is -0.378 e. The topological polar surface area (TPSA) is 75.7 Å². The van der Waals surface area contributed by atoms with Crippen LogP contribution in [0.5, 0.6) is 0 Å². The lowest BCUT2D eigenvalue weighted by molar-refractivity contribution is 0.00811. The number of nitrogens with one attached hydrogen (secondary N) is 1. The maximum atomic E-state index is 12.7. The summed E-state index contributed by atoms with van der Waals surface area (Å²) in [7, 11) is -2.94. The van der Waals surface area contributed by atoms with Crippen LogP contribution in [0.25, 0.3) is 0 Å². The number of benzene rings is 1. The Morgan fingerprint density at radius 2 is 1.96 bits per heavy atom. The highest BCUT2D eigenvalue weighted by atomic mass is 32.2. The Labute approximate surface area is 142 Å². The van der Waals surface area contributed by atoms with E-state index in [1.807, 2.05) is 29.2 Å². The zero-order valence-corrected chi connectivity index (χ0v) is 14.3. The summed E-state index contributed by atoms with van der Waals surface area (Å²) in [6.45, 7) is 1.67. The summed E-state index contributed by atoms with van der Waals surface area (Å²) in [5.74, 6) is 0.662. The molecule has 6 nitrogen and oxygen atoms in total. The second-order valence-corrected chi connectivity index (χ2v) is 9.14. The number of hydrogen-bond acceptors (Lipinski definition) is 5. The molecule has 2 aliphatic heterocycles. The third-order valence-electron chi connectivity index (χ3n) is 5.41. The van der Waals surface area contributed by atoms with Crippen LogP contribution >= 0.6 is 0 Å². The Kier molecular flexibility index (Phi) is 4.00. The second kappa shape index (κ2) is 6.04. The number of carbonyl (C=O) groups excluding carboxylic acids is 1. The average Bonchev–Trinajstić information content (AvgIpc) is 2.93. The van der Waals surface area contributed by atoms with Gasteiger partial charge in [0.2, 0.25) is 0 Å². The molecule has 1 saturated carbocycles. The molecule has 0 aromatic heterocycles. The van der Waals surface area contributed by atoms with E-state index < -0.39 is 9.84 Å². The molecule has 1 N–H and O–H groups in total. The van der Waals surface area contributed by atoms with Crippen molar-refractivity contribution in [3.8, 4) is 0 Å². The highest BCUT2D eigenvalue weighted by Crippen LogP contribution is 2.38. The SMILES string of the molecule is O=C(N[C@H]1C[C@@H]2OCC[C@H]12)c1ccccc1N1CCS(=O)(=O)CC1. The molecule has 3 aliphatic rings. The van der Waals surface area contributed by atoms with Crippen molar-refractivity contribution in [2.24, 2.45) is 5.92 Å². The van der Waals surface area contributed by atoms with Gasteiger partial charge in [-0.2, -0.15) is 0 Å². The molecule has 1 aliphatic carbocycles. The number of para-hydroxylation sites is 1. The first-order valence-corrected chi connectivity index (χ1v) is 10.3. The van der Waals surface area contributed by atoms with Gasteiger partial charge in [-0.15, -0.1) is 0 Å². The minimum atomic E-state index is -2.94. The van der Waals surface area contributed by atoms with Crippen LogP contribution in [0, 0.1) is 5.92 Å². The first kappa shape index (κ1) is 15.9. The molecule has 0 bridgehead atoms. The molecule has 2 heterocycles. The molecule has 1 aromatic carbocycles. The molecule has 0 spiro atoms. The molecular formula is C17H22N2O4S. The molecule has 7 heteroatoms. The van der Waals surface area contributed by atoms with Crippen molar-refractivity contribution < 1.29 is 17.9 Å². The molecule has 3 fully saturated rings. The van der Waals surface area contributed by atoms with E-state index in [0.29, 0.717) is 30.7 Å². The van der Waals surface area contributed by atoms with Crippen LogP contribution in [0.1, 0.15) is 23.2 Å². The molecule has 3 atom stereocenters. The highest BCUT2D eigenvalue weighted by molar-refractivity contribution is 7.91. The van der Waals surface area contributed by atoms with E-state index in [0.717, 1.165) is 25.1 Å². The largest absolute Gasteiger partial charge is 0.378 e. The summed E-state index contributed by atoms with van der Waals surface area (Å²) in [5, 5.41) is 3.14. The van der Waals surface area contributed by atoms with Crippen molar-refractivity contribution in [2.75, 3.05) is 36.1 Å². The van der Waals surface area contributed by atoms with E-state index in [4.69, 9.17) is 4.74 Å². The highest BCUT2D eigenvalue weighted by Gasteiger charge is 2.45. The number of sulfone groups is 1. The first-order valence-electron chi connectivity index (χ1n) is 8.50. The van der Waals surface area contributed by atoms with Gasteiger partial charge >= 0.3 is 0 Å². The maximum Gasteiger partial charge on any atom is 0.253 e. The maximum absolute atomic E-state index is 12.7. The fraction of sp³-hybridized carbons (Fsp3) is 0.588. The van der Waals surface area contributed by atoms with E-state index in [-0.39, 0.29) is 23.5 Å². The fourth-order valence-corrected chi connectivity index (χ4v) is 5.11. The third-order valence-corrected chi connectivity index (χ3v) is 7.02. The smallest absolute Gasteiger partial charge is 0.253 e. The predicted molar refractivity (Wildman–Crippen MR) is 91.0 cm³/mol. The number of anilines is 1. The summed E-state index contributed by atoms with van der Waals surface area (Å²) in [6.07, 6.45) is 2.22. The van der Waals surface area contributed by atoms with Gasteiger partial charge in [0.15, 0.2) is 9.84 Å². The quantitative estimate of drug-likeness (QED) is 0.874. The lowest BCUT2D eigenvalue weighted by Gasteiger charge is -2.39. The van der Waals surface area contributed by atoms with E-state index in [1.54, 1.807) is 0 Å². The summed E-state index contributed by atoms with van der Waals surface area (Å²) in [6, 6.07) is 7.64. The standard InChI is InChI=1S/C17H22N2O4S/c20-17(18-14-11-16-12(14)5-8-23-16)13-3-1-2-4-15(13)19-6-9-24(21,22)10-7-19/h1-4,12,14,16H,5-11H2,(H,18,20)/t12-,14+,16+/m1/s1. The van der Waals surface area contributed by atoms with Crippen molar-refractivity contribution in [1.29, 1.82) is 0 Å². The van der Waals surface area contributed by atoms with Crippen LogP contribution in [0.15, 0.2) is 24.3 Å². The van der Waals surface area contributed by atoms with Crippen molar-refractivity contribution in [1.82, 2.24) is 5.32 Å². The normalized spacial score (nSPS) is 31.2. The molecule has 2 saturated heterocycles. The van der Waals surface area contributed by atoms with Crippen LogP contribution in [0.4, 0.5) is 5.69 Å². The number of fused-ring (bicyclic) bond motifs is 1. The Morgan fingerprint density at radius 3 is 2.71 bits per heavy atom. The van der Waals surface area contributed by atoms with Crippen molar-refractivity contribution in [3.63, 3.8) is 0 Å². The van der Waals surface area contributed by atoms with Gasteiger partial charge in [-0.1, -0.05) is 12.1 Å². The van der Waals surface area contributed by atoms with Gasteiger partial charge in [-0.3, -0.25) is 4.79 Å². The molecule has 0 unspecified atom stereocenters. The summed E-state index contributed by atoms with van der Waals surface area (Å²) >= 11 is 0. The molecule has 24 heavy (non-hydrogen) atoms. The van der Waals surface area contributed by atoms with Crippen LogP contribution in [-0.4, -0.2) is 57.7 Å². The van der Waals surface area contributed by atoms with E-state index in [9.17, 15) is 13.2 Å². The Morgan fingerprint density at radius 1 is 1.21 bits per heavy atom. The fourth-order valence-electron chi connectivity index (χ4n) is 3.90. The van der Waals surface area contributed by atoms with Crippen LogP contribution in [-0.2, 0) is 14.6 Å². The average molecular weight is 350 g/mol. The Bertz CT molecular complexity index is 735. The lowest BCUT2D eigenvalue weighted by atomic mass is 9.76. The molecule has 130 valence electrons. The summed E-state index contributed by atoms with van der Waals surface area (Å²) in [5.41, 5.74) is 1.45. The summed E-state index contributed by atoms with van der Waals surface area (Å²) < 4.78 is 28.8. The molecule has 4 rings (SSSR count). The zero-order valence-electron chi connectivity index (χ0n) is 13.5. The monoisotopic (exact) mass is 350 g/mol. The number of rotatable bonds is 3. The van der Waals surface area contributed by atoms with E-state index in [2.05, 4.69) is 5.32 Å². The van der Waals surface area contributed by atoms with Gasteiger partial charge in [0, 0.05) is 37.3 Å². The van der Waals surface area contributed by atoms with Crippen LogP contribution in [0.2, 0.25) is 0 Å². The van der Waals surface area contributed by atoms with E-state index >= 15 is 0 Å². The van der Waals surface area contributed by atoms with Gasteiger partial charge in [-0.25, -0.2) is 8.42 Å². The van der Waals surface area contributed by atoms with Gasteiger partial charge < -0.3 is 15.0 Å². The zero-order chi connectivity index (χ0) is 16.7. The van der Waals surface area contributed by atoms with Gasteiger partial charge in [0.25, 0.3) is 5.91 Å². The lowest BCUT2D eigenvalue weighted by Crippen LogP contribution is -2.53. The van der Waals surface area contributed by atoms with Crippen molar-refractivity contribution in [3.05, 3.63) is 29.8 Å². The van der Waals surface area contributed by atoms with Crippen molar-refractivity contribution in [2.45, 2.75) is 25.0 Å². The van der Waals surface area contributed by atoms with Crippen LogP contribution < -0.4 is 10.2 Å². The molecule has 1 amide bonds. The Balaban J connectivity index is 1.48. The Hall–Kier alpha value is -1.60. The number of ether oxygens (including phenoxy) is 1. The number of amides is 1. The number of hydrogen-bond donors (Lipinski definition) is 1. The first-order chi connectivity index (χ1) is 11.5. The van der Waals surface area contributed by atoms with E-state index in [1.165, 1.54) is 0 Å². The van der Waals surface area contributed by atoms with Gasteiger partial charge in [0.1, 0.15) is 0 Å². The second-order valence-electron chi connectivity index (χ2n) is 6.83. The predicted octanol–water partition coefficient (Wildman–Crippen LogP) is 0.829. The molecule has 0 radical (unpaired) electrons. The van der Waals surface area contributed by atoms with Crippen molar-refractivity contribution >= 4 is 21.4 Å². The minimum absolute atomic E-state index is 0.0746.